The van der Waals surface area contributed by atoms with Gasteiger partial charge in [0.2, 0.25) is 5.91 Å². The Morgan fingerprint density at radius 1 is 0.971 bits per heavy atom. The fraction of sp³-hybridized carbons (Fsp3) is 0.464. The minimum absolute atomic E-state index is 0.0149. The minimum atomic E-state index is -3.29. The Morgan fingerprint density at radius 3 is 2.00 bits per heavy atom. The quantitative estimate of drug-likeness (QED) is 0.330. The van der Waals surface area contributed by atoms with Gasteiger partial charge < -0.3 is 4.90 Å². The lowest BCUT2D eigenvalue weighted by Crippen LogP contribution is -2.53. The third-order valence-corrected chi connectivity index (χ3v) is 9.16. The van der Waals surface area contributed by atoms with Gasteiger partial charge in [-0.25, -0.2) is 8.42 Å². The summed E-state index contributed by atoms with van der Waals surface area (Å²) in [7, 11) is -3.29. The summed E-state index contributed by atoms with van der Waals surface area (Å²) in [6.45, 7) is 11.2. The summed E-state index contributed by atoms with van der Waals surface area (Å²) in [5.74, 6) is -0.0959. The molecule has 0 N–H and O–H groups in total. The first kappa shape index (κ1) is 29.4. The van der Waals surface area contributed by atoms with Gasteiger partial charge in [-0.3, -0.25) is 4.79 Å². The number of allylic oxidation sites excluding steroid dienone is 1. The lowest BCUT2D eigenvalue weighted by Gasteiger charge is -2.45. The SMILES string of the molecule is C=CC[C@H]1CC[C@@H](c2ccc(Cl)cc2)N(C(CS(=O)(=O)C(C)C)C(C)C)C1=O.Clc1ccccc1. The van der Waals surface area contributed by atoms with E-state index in [0.29, 0.717) is 11.4 Å². The molecular weight excluding hydrogens is 501 g/mol. The molecule has 3 atom stereocenters. The number of benzene rings is 2. The van der Waals surface area contributed by atoms with Crippen molar-refractivity contribution in [2.75, 3.05) is 5.75 Å². The van der Waals surface area contributed by atoms with Crippen LogP contribution in [0.5, 0.6) is 0 Å². The van der Waals surface area contributed by atoms with E-state index < -0.39 is 15.1 Å². The van der Waals surface area contributed by atoms with E-state index in [2.05, 4.69) is 6.58 Å². The van der Waals surface area contributed by atoms with E-state index in [-0.39, 0.29) is 35.6 Å². The first-order valence-corrected chi connectivity index (χ1v) is 14.6. The van der Waals surface area contributed by atoms with Crippen LogP contribution in [0.25, 0.3) is 0 Å². The molecule has 4 nitrogen and oxygen atoms in total. The number of rotatable bonds is 8. The molecule has 7 heteroatoms. The molecular formula is C28H37Cl2NO3S. The normalized spacial score (nSPS) is 19.3. The number of carbonyl (C=O) groups excluding carboxylic acids is 1. The van der Waals surface area contributed by atoms with Crippen LogP contribution >= 0.6 is 23.2 Å². The third kappa shape index (κ3) is 8.37. The Balaban J connectivity index is 0.000000527. The number of amides is 1. The first-order chi connectivity index (χ1) is 16.5. The zero-order chi connectivity index (χ0) is 26.2. The molecule has 2 aromatic rings. The number of piperidine rings is 1. The monoisotopic (exact) mass is 537 g/mol. The van der Waals surface area contributed by atoms with E-state index in [4.69, 9.17) is 23.2 Å². The van der Waals surface area contributed by atoms with Crippen LogP contribution in [0, 0.1) is 11.8 Å². The standard InChI is InChI=1S/C22H32ClNO3S.C6H5Cl/c1-6-7-18-10-13-20(17-8-11-19(23)12-9-17)24(22(18)25)21(15(2)3)14-28(26,27)16(4)5;7-6-4-2-1-3-5-6/h6,8-9,11-12,15-16,18,20-21H,1,7,10,13-14H2,2-5H3;1-5H/t18-,20-,21?;/m0./s1. The minimum Gasteiger partial charge on any atom is -0.331 e. The van der Waals surface area contributed by atoms with E-state index in [1.807, 2.05) is 73.3 Å². The van der Waals surface area contributed by atoms with E-state index in [9.17, 15) is 13.2 Å². The van der Waals surface area contributed by atoms with Crippen LogP contribution in [0.3, 0.4) is 0 Å². The maximum absolute atomic E-state index is 13.4. The number of carbonyl (C=O) groups is 1. The van der Waals surface area contributed by atoms with Crippen LogP contribution in [-0.4, -0.2) is 36.3 Å². The lowest BCUT2D eigenvalue weighted by molar-refractivity contribution is -0.146. The summed E-state index contributed by atoms with van der Waals surface area (Å²) in [5.41, 5.74) is 1.00. The van der Waals surface area contributed by atoms with Crippen LogP contribution in [0.15, 0.2) is 67.3 Å². The van der Waals surface area contributed by atoms with Crippen LogP contribution in [0.4, 0.5) is 0 Å². The Kier molecular flexibility index (Phi) is 11.3. The molecule has 2 aromatic carbocycles. The first-order valence-electron chi connectivity index (χ1n) is 12.1. The van der Waals surface area contributed by atoms with Gasteiger partial charge in [-0.05, 0) is 68.9 Å². The van der Waals surface area contributed by atoms with Crippen molar-refractivity contribution in [2.45, 2.75) is 64.3 Å². The van der Waals surface area contributed by atoms with Crippen molar-refractivity contribution < 1.29 is 13.2 Å². The van der Waals surface area contributed by atoms with Crippen molar-refractivity contribution in [3.05, 3.63) is 82.9 Å². The third-order valence-electron chi connectivity index (χ3n) is 6.42. The fourth-order valence-electron chi connectivity index (χ4n) is 4.25. The predicted octanol–water partition coefficient (Wildman–Crippen LogP) is 7.38. The van der Waals surface area contributed by atoms with Gasteiger partial charge in [0.05, 0.1) is 17.0 Å². The predicted molar refractivity (Wildman–Crippen MR) is 148 cm³/mol. The highest BCUT2D eigenvalue weighted by atomic mass is 35.5. The van der Waals surface area contributed by atoms with E-state index in [1.165, 1.54) is 0 Å². The number of nitrogens with zero attached hydrogens (tertiary/aromatic N) is 1. The molecule has 0 saturated carbocycles. The van der Waals surface area contributed by atoms with Crippen molar-refractivity contribution in [1.29, 1.82) is 0 Å². The van der Waals surface area contributed by atoms with Gasteiger partial charge in [0.25, 0.3) is 0 Å². The zero-order valence-corrected chi connectivity index (χ0v) is 23.4. The largest absolute Gasteiger partial charge is 0.331 e. The smallest absolute Gasteiger partial charge is 0.226 e. The zero-order valence-electron chi connectivity index (χ0n) is 21.0. The summed E-state index contributed by atoms with van der Waals surface area (Å²) in [6.07, 6.45) is 3.97. The molecule has 3 rings (SSSR count). The maximum atomic E-state index is 13.4. The van der Waals surface area contributed by atoms with Crippen LogP contribution in [0.2, 0.25) is 10.0 Å². The Bertz CT molecular complexity index is 1050. The number of likely N-dealkylation sites (tertiary alicyclic amines) is 1. The average molecular weight is 539 g/mol. The molecule has 1 saturated heterocycles. The summed E-state index contributed by atoms with van der Waals surface area (Å²) >= 11 is 11.6. The Morgan fingerprint density at radius 2 is 1.54 bits per heavy atom. The van der Waals surface area contributed by atoms with Crippen molar-refractivity contribution in [2.24, 2.45) is 11.8 Å². The molecule has 0 radical (unpaired) electrons. The second-order valence-corrected chi connectivity index (χ2v) is 13.1. The number of halogens is 2. The molecule has 1 unspecified atom stereocenters. The molecule has 0 bridgehead atoms. The molecule has 1 aliphatic heterocycles. The van der Waals surface area contributed by atoms with Gasteiger partial charge in [-0.15, -0.1) is 6.58 Å². The summed E-state index contributed by atoms with van der Waals surface area (Å²) in [6, 6.07) is 16.5. The molecule has 1 heterocycles. The van der Waals surface area contributed by atoms with Crippen molar-refractivity contribution >= 4 is 38.9 Å². The van der Waals surface area contributed by atoms with E-state index in [0.717, 1.165) is 23.4 Å². The Hall–Kier alpha value is -1.82. The van der Waals surface area contributed by atoms with Gasteiger partial charge in [0, 0.05) is 22.0 Å². The van der Waals surface area contributed by atoms with E-state index >= 15 is 0 Å². The average Bonchev–Trinajstić information content (AvgIpc) is 2.80. The molecule has 1 fully saturated rings. The fourth-order valence-corrected chi connectivity index (χ4v) is 5.93. The van der Waals surface area contributed by atoms with Gasteiger partial charge in [0.1, 0.15) is 0 Å². The van der Waals surface area contributed by atoms with Crippen molar-refractivity contribution in [3.63, 3.8) is 0 Å². The van der Waals surface area contributed by atoms with Gasteiger partial charge >= 0.3 is 0 Å². The van der Waals surface area contributed by atoms with Crippen LogP contribution < -0.4 is 0 Å². The van der Waals surface area contributed by atoms with Crippen molar-refractivity contribution in [1.82, 2.24) is 4.90 Å². The molecule has 192 valence electrons. The van der Waals surface area contributed by atoms with Crippen LogP contribution in [-0.2, 0) is 14.6 Å². The Labute approximate surface area is 221 Å². The highest BCUT2D eigenvalue weighted by molar-refractivity contribution is 7.92. The summed E-state index contributed by atoms with van der Waals surface area (Å²) in [4.78, 5) is 15.3. The van der Waals surface area contributed by atoms with E-state index in [1.54, 1.807) is 19.9 Å². The number of hydrogen-bond acceptors (Lipinski definition) is 3. The summed E-state index contributed by atoms with van der Waals surface area (Å²) < 4.78 is 25.4. The second kappa shape index (κ2) is 13.5. The van der Waals surface area contributed by atoms with Gasteiger partial charge in [0.15, 0.2) is 9.84 Å². The van der Waals surface area contributed by atoms with Gasteiger partial charge in [-0.1, -0.05) is 73.5 Å². The topological polar surface area (TPSA) is 54.5 Å². The lowest BCUT2D eigenvalue weighted by atomic mass is 9.84. The molecule has 1 amide bonds. The van der Waals surface area contributed by atoms with Crippen molar-refractivity contribution in [3.8, 4) is 0 Å². The number of hydrogen-bond donors (Lipinski definition) is 0. The molecule has 0 aromatic heterocycles. The highest BCUT2D eigenvalue weighted by Crippen LogP contribution is 2.39. The number of sulfone groups is 1. The molecule has 0 aliphatic carbocycles. The summed E-state index contributed by atoms with van der Waals surface area (Å²) in [5, 5.41) is 0.971. The van der Waals surface area contributed by atoms with Gasteiger partial charge in [-0.2, -0.15) is 0 Å². The molecule has 35 heavy (non-hydrogen) atoms. The highest BCUT2D eigenvalue weighted by Gasteiger charge is 2.42. The molecule has 0 spiro atoms. The molecule has 1 aliphatic rings. The van der Waals surface area contributed by atoms with Crippen LogP contribution in [0.1, 0.15) is 58.6 Å². The second-order valence-electron chi connectivity index (χ2n) is 9.60. The maximum Gasteiger partial charge on any atom is 0.226 e.